The first-order valence-electron chi connectivity index (χ1n) is 7.64. The van der Waals surface area contributed by atoms with E-state index in [0.717, 1.165) is 18.4 Å². The van der Waals surface area contributed by atoms with Gasteiger partial charge in [0.2, 0.25) is 5.91 Å². The van der Waals surface area contributed by atoms with Gasteiger partial charge in [0.25, 0.3) is 5.56 Å². The molecule has 1 aromatic heterocycles. The molecule has 1 aromatic rings. The molecule has 0 saturated heterocycles. The first kappa shape index (κ1) is 17.9. The number of amides is 1. The molecule has 2 N–H and O–H groups in total. The highest BCUT2D eigenvalue weighted by molar-refractivity contribution is 5.80. The molecule has 0 radical (unpaired) electrons. The zero-order valence-electron chi connectivity index (χ0n) is 13.2. The van der Waals surface area contributed by atoms with Crippen molar-refractivity contribution in [1.29, 1.82) is 0 Å². The van der Waals surface area contributed by atoms with Crippen LogP contribution in [-0.2, 0) is 9.59 Å². The molecule has 0 fully saturated rings. The van der Waals surface area contributed by atoms with Gasteiger partial charge in [0, 0.05) is 25.2 Å². The van der Waals surface area contributed by atoms with Crippen LogP contribution in [0.2, 0.25) is 0 Å². The number of hydrogen-bond acceptors (Lipinski definition) is 3. The fourth-order valence-corrected chi connectivity index (χ4v) is 2.27. The predicted octanol–water partition coefficient (Wildman–Crippen LogP) is 1.87. The van der Waals surface area contributed by atoms with Gasteiger partial charge >= 0.3 is 5.97 Å². The summed E-state index contributed by atoms with van der Waals surface area (Å²) < 4.78 is 1.47. The lowest BCUT2D eigenvalue weighted by Crippen LogP contribution is -2.37. The van der Waals surface area contributed by atoms with E-state index in [1.54, 1.807) is 12.3 Å². The van der Waals surface area contributed by atoms with Gasteiger partial charge in [-0.25, -0.2) is 0 Å². The van der Waals surface area contributed by atoms with Crippen LogP contribution >= 0.6 is 0 Å². The van der Waals surface area contributed by atoms with Crippen molar-refractivity contribution in [2.45, 2.75) is 52.0 Å². The largest absolute Gasteiger partial charge is 0.481 e. The average molecular weight is 308 g/mol. The maximum Gasteiger partial charge on any atom is 0.303 e. The molecule has 0 aliphatic heterocycles. The zero-order chi connectivity index (χ0) is 16.5. The molecule has 22 heavy (non-hydrogen) atoms. The minimum atomic E-state index is -0.797. The number of aliphatic carboxylic acids is 1. The van der Waals surface area contributed by atoms with Crippen molar-refractivity contribution in [3.63, 3.8) is 0 Å². The maximum absolute atomic E-state index is 12.2. The summed E-state index contributed by atoms with van der Waals surface area (Å²) in [6.07, 6.45) is 4.49. The van der Waals surface area contributed by atoms with Gasteiger partial charge in [-0.1, -0.05) is 19.4 Å². The highest BCUT2D eigenvalue weighted by Crippen LogP contribution is 2.10. The third-order valence-electron chi connectivity index (χ3n) is 3.48. The molecule has 0 aromatic carbocycles. The highest BCUT2D eigenvalue weighted by atomic mass is 16.4. The van der Waals surface area contributed by atoms with E-state index in [4.69, 9.17) is 5.11 Å². The second-order valence-electron chi connectivity index (χ2n) is 5.37. The Bertz CT molecular complexity index is 566. The van der Waals surface area contributed by atoms with Gasteiger partial charge in [0.05, 0.1) is 0 Å². The van der Waals surface area contributed by atoms with Gasteiger partial charge in [-0.05, 0) is 31.7 Å². The molecule has 1 amide bonds. The van der Waals surface area contributed by atoms with Crippen molar-refractivity contribution in [3.8, 4) is 0 Å². The van der Waals surface area contributed by atoms with Crippen molar-refractivity contribution < 1.29 is 14.7 Å². The summed E-state index contributed by atoms with van der Waals surface area (Å²) in [5.41, 5.74) is 0.744. The van der Waals surface area contributed by atoms with Crippen LogP contribution in [0.3, 0.4) is 0 Å². The second-order valence-corrected chi connectivity index (χ2v) is 5.37. The maximum atomic E-state index is 12.2. The molecule has 0 spiro atoms. The fraction of sp³-hybridized carbons (Fsp3) is 0.562. The topological polar surface area (TPSA) is 88.4 Å². The van der Waals surface area contributed by atoms with Crippen LogP contribution in [-0.4, -0.2) is 28.1 Å². The summed E-state index contributed by atoms with van der Waals surface area (Å²) in [7, 11) is 0. The van der Waals surface area contributed by atoms with E-state index < -0.39 is 12.0 Å². The molecular weight excluding hydrogens is 284 g/mol. The van der Waals surface area contributed by atoms with E-state index in [-0.39, 0.29) is 17.9 Å². The summed E-state index contributed by atoms with van der Waals surface area (Å²) in [5, 5.41) is 11.4. The number of carboxylic acid groups (broad SMARTS) is 1. The van der Waals surface area contributed by atoms with E-state index in [1.807, 2.05) is 13.8 Å². The van der Waals surface area contributed by atoms with E-state index in [0.29, 0.717) is 19.4 Å². The molecule has 122 valence electrons. The molecular formula is C16H24N2O4. The Kier molecular flexibility index (Phi) is 7.36. The summed E-state index contributed by atoms with van der Waals surface area (Å²) in [4.78, 5) is 34.5. The van der Waals surface area contributed by atoms with Gasteiger partial charge in [-0.15, -0.1) is 0 Å². The van der Waals surface area contributed by atoms with Crippen LogP contribution in [0.5, 0.6) is 0 Å². The first-order valence-corrected chi connectivity index (χ1v) is 7.64. The average Bonchev–Trinajstić information content (AvgIpc) is 2.46. The van der Waals surface area contributed by atoms with Crippen LogP contribution in [0.15, 0.2) is 23.1 Å². The van der Waals surface area contributed by atoms with Crippen molar-refractivity contribution in [2.75, 3.05) is 6.54 Å². The molecule has 6 nitrogen and oxygen atoms in total. The minimum absolute atomic E-state index is 0.157. The third kappa shape index (κ3) is 5.71. The predicted molar refractivity (Wildman–Crippen MR) is 83.9 cm³/mol. The SMILES string of the molecule is CCC(C(=O)NCCCCCC(=O)O)n1cc(C)ccc1=O. The molecule has 0 bridgehead atoms. The number of carbonyl (C=O) groups excluding carboxylic acids is 1. The van der Waals surface area contributed by atoms with Gasteiger partial charge < -0.3 is 15.0 Å². The minimum Gasteiger partial charge on any atom is -0.481 e. The number of aryl methyl sites for hydroxylation is 1. The number of pyridine rings is 1. The quantitative estimate of drug-likeness (QED) is 0.682. The molecule has 1 atom stereocenters. The lowest BCUT2D eigenvalue weighted by molar-refractivity contribution is -0.137. The van der Waals surface area contributed by atoms with E-state index in [9.17, 15) is 14.4 Å². The Morgan fingerprint density at radius 1 is 1.27 bits per heavy atom. The lowest BCUT2D eigenvalue weighted by atomic mass is 10.1. The lowest BCUT2D eigenvalue weighted by Gasteiger charge is -2.18. The normalized spacial score (nSPS) is 11.9. The molecule has 0 saturated carbocycles. The Morgan fingerprint density at radius 3 is 2.64 bits per heavy atom. The Balaban J connectivity index is 2.50. The fourth-order valence-electron chi connectivity index (χ4n) is 2.27. The highest BCUT2D eigenvalue weighted by Gasteiger charge is 2.18. The standard InChI is InChI=1S/C16H24N2O4/c1-3-13(18-11-12(2)8-9-14(18)19)16(22)17-10-6-4-5-7-15(20)21/h8-9,11,13H,3-7,10H2,1-2H3,(H,17,22)(H,20,21). The van der Waals surface area contributed by atoms with Crippen molar-refractivity contribution in [3.05, 3.63) is 34.2 Å². The van der Waals surface area contributed by atoms with Crippen LogP contribution < -0.4 is 10.9 Å². The van der Waals surface area contributed by atoms with Crippen molar-refractivity contribution in [1.82, 2.24) is 9.88 Å². The summed E-state index contributed by atoms with van der Waals surface area (Å²) in [6, 6.07) is 2.69. The number of unbranched alkanes of at least 4 members (excludes halogenated alkanes) is 2. The Labute approximate surface area is 130 Å². The summed E-state index contributed by atoms with van der Waals surface area (Å²) in [5.74, 6) is -0.970. The van der Waals surface area contributed by atoms with Crippen LogP contribution in [0, 0.1) is 6.92 Å². The first-order chi connectivity index (χ1) is 10.5. The molecule has 0 aliphatic carbocycles. The molecule has 0 aliphatic rings. The number of nitrogens with one attached hydrogen (secondary N) is 1. The summed E-state index contributed by atoms with van der Waals surface area (Å²) in [6.45, 7) is 4.24. The van der Waals surface area contributed by atoms with Crippen LogP contribution in [0.1, 0.15) is 50.6 Å². The molecule has 1 rings (SSSR count). The smallest absolute Gasteiger partial charge is 0.303 e. The van der Waals surface area contributed by atoms with Gasteiger partial charge in [0.15, 0.2) is 0 Å². The Hall–Kier alpha value is -2.11. The number of hydrogen-bond donors (Lipinski definition) is 2. The monoisotopic (exact) mass is 308 g/mol. The Morgan fingerprint density at radius 2 is 2.00 bits per heavy atom. The number of nitrogens with zero attached hydrogens (tertiary/aromatic N) is 1. The van der Waals surface area contributed by atoms with Crippen molar-refractivity contribution in [2.24, 2.45) is 0 Å². The van der Waals surface area contributed by atoms with E-state index in [2.05, 4.69) is 5.32 Å². The summed E-state index contributed by atoms with van der Waals surface area (Å²) >= 11 is 0. The van der Waals surface area contributed by atoms with Crippen LogP contribution in [0.25, 0.3) is 0 Å². The molecule has 1 unspecified atom stereocenters. The van der Waals surface area contributed by atoms with Crippen molar-refractivity contribution >= 4 is 11.9 Å². The number of carboxylic acids is 1. The van der Waals surface area contributed by atoms with Gasteiger partial charge in [-0.2, -0.15) is 0 Å². The number of aromatic nitrogens is 1. The van der Waals surface area contributed by atoms with E-state index >= 15 is 0 Å². The van der Waals surface area contributed by atoms with Crippen LogP contribution in [0.4, 0.5) is 0 Å². The zero-order valence-corrected chi connectivity index (χ0v) is 13.2. The molecule has 6 heteroatoms. The third-order valence-corrected chi connectivity index (χ3v) is 3.48. The van der Waals surface area contributed by atoms with Gasteiger partial charge in [-0.3, -0.25) is 14.4 Å². The van der Waals surface area contributed by atoms with Gasteiger partial charge in [0.1, 0.15) is 6.04 Å². The molecule has 1 heterocycles. The number of carbonyl (C=O) groups is 2. The second kappa shape index (κ2) is 9.02. The number of rotatable bonds is 9. The van der Waals surface area contributed by atoms with E-state index in [1.165, 1.54) is 10.6 Å².